The van der Waals surface area contributed by atoms with E-state index in [1.54, 1.807) is 31.4 Å². The van der Waals surface area contributed by atoms with Gasteiger partial charge in [0.05, 0.1) is 31.2 Å². The number of hydrogen-bond donors (Lipinski definition) is 2. The number of hydrogen-bond acceptors (Lipinski definition) is 5. The van der Waals surface area contributed by atoms with E-state index in [0.717, 1.165) is 0 Å². The van der Waals surface area contributed by atoms with Crippen LogP contribution in [-0.4, -0.2) is 30.9 Å². The van der Waals surface area contributed by atoms with Crippen molar-refractivity contribution in [1.29, 1.82) is 0 Å². The minimum atomic E-state index is -0.423. The lowest BCUT2D eigenvalue weighted by atomic mass is 10.2. The van der Waals surface area contributed by atoms with Gasteiger partial charge in [-0.15, -0.1) is 0 Å². The van der Waals surface area contributed by atoms with Crippen LogP contribution < -0.4 is 14.9 Å². The van der Waals surface area contributed by atoms with Crippen molar-refractivity contribution in [2.45, 2.75) is 0 Å². The second-order valence-electron chi connectivity index (χ2n) is 4.84. The van der Waals surface area contributed by atoms with Gasteiger partial charge in [0.2, 0.25) is 0 Å². The summed E-state index contributed by atoms with van der Waals surface area (Å²) in [4.78, 5) is 11.9. The average molecular weight is 616 g/mol. The van der Waals surface area contributed by atoms with Crippen LogP contribution in [0.3, 0.4) is 0 Å². The Bertz CT molecular complexity index is 812. The third kappa shape index (κ3) is 5.70. The van der Waals surface area contributed by atoms with Crippen molar-refractivity contribution in [3.8, 4) is 17.2 Å². The Morgan fingerprint density at radius 2 is 1.69 bits per heavy atom. The fourth-order valence-electron chi connectivity index (χ4n) is 1.80. The van der Waals surface area contributed by atoms with Crippen LogP contribution in [0.5, 0.6) is 17.2 Å². The molecule has 0 fully saturated rings. The Morgan fingerprint density at radius 3 is 2.23 bits per heavy atom. The first kappa shape index (κ1) is 21.2. The summed E-state index contributed by atoms with van der Waals surface area (Å²) in [7, 11) is 1.56. The van der Waals surface area contributed by atoms with E-state index in [9.17, 15) is 9.90 Å². The first-order valence-corrected chi connectivity index (χ1v) is 10.1. The van der Waals surface area contributed by atoms with Gasteiger partial charge >= 0.3 is 0 Å². The zero-order valence-electron chi connectivity index (χ0n) is 13.2. The van der Waals surface area contributed by atoms with Gasteiger partial charge in [0.25, 0.3) is 5.91 Å². The van der Waals surface area contributed by atoms with Crippen molar-refractivity contribution < 1.29 is 19.4 Å². The highest BCUT2D eigenvalue weighted by atomic mass is 79.9. The summed E-state index contributed by atoms with van der Waals surface area (Å²) in [6, 6.07) is 6.79. The highest BCUT2D eigenvalue weighted by Crippen LogP contribution is 2.37. The van der Waals surface area contributed by atoms with Crippen molar-refractivity contribution in [3.05, 3.63) is 47.7 Å². The summed E-state index contributed by atoms with van der Waals surface area (Å²) >= 11 is 13.2. The predicted molar refractivity (Wildman–Crippen MR) is 113 cm³/mol. The molecule has 0 heterocycles. The summed E-state index contributed by atoms with van der Waals surface area (Å²) < 4.78 is 13.0. The Kier molecular flexibility index (Phi) is 7.93. The number of rotatable bonds is 6. The Morgan fingerprint density at radius 1 is 1.12 bits per heavy atom. The maximum Gasteiger partial charge on any atom is 0.277 e. The molecule has 2 aromatic rings. The lowest BCUT2D eigenvalue weighted by Crippen LogP contribution is -2.24. The average Bonchev–Trinajstić information content (AvgIpc) is 2.58. The van der Waals surface area contributed by atoms with Crippen LogP contribution in [0.4, 0.5) is 0 Å². The fourth-order valence-corrected chi connectivity index (χ4v) is 4.40. The van der Waals surface area contributed by atoms with E-state index in [1.807, 2.05) is 0 Å². The van der Waals surface area contributed by atoms with E-state index >= 15 is 0 Å². The van der Waals surface area contributed by atoms with Gasteiger partial charge in [-0.25, -0.2) is 5.43 Å². The summed E-state index contributed by atoms with van der Waals surface area (Å²) in [6.07, 6.45) is 1.45. The number of nitrogens with zero attached hydrogens (tertiary/aromatic N) is 1. The molecule has 0 bridgehead atoms. The zero-order chi connectivity index (χ0) is 19.3. The van der Waals surface area contributed by atoms with Gasteiger partial charge in [0.15, 0.2) is 6.61 Å². The van der Waals surface area contributed by atoms with Gasteiger partial charge < -0.3 is 14.6 Å². The monoisotopic (exact) mass is 612 g/mol. The van der Waals surface area contributed by atoms with Gasteiger partial charge in [-0.05, 0) is 93.5 Å². The molecular weight excluding hydrogens is 604 g/mol. The van der Waals surface area contributed by atoms with Crippen molar-refractivity contribution >= 4 is 75.8 Å². The highest BCUT2D eigenvalue weighted by Gasteiger charge is 2.11. The molecule has 0 unspecified atom stereocenters. The number of hydrazone groups is 1. The molecule has 2 aromatic carbocycles. The third-order valence-corrected chi connectivity index (χ3v) is 5.38. The van der Waals surface area contributed by atoms with Crippen LogP contribution in [0.2, 0.25) is 0 Å². The molecule has 0 spiro atoms. The number of carbonyl (C=O) groups excluding carboxylic acids is 1. The van der Waals surface area contributed by atoms with Crippen LogP contribution in [0.1, 0.15) is 5.56 Å². The second-order valence-corrected chi connectivity index (χ2v) is 8.25. The molecule has 0 atom stereocenters. The van der Waals surface area contributed by atoms with Crippen molar-refractivity contribution in [2.24, 2.45) is 5.10 Å². The number of amides is 1. The van der Waals surface area contributed by atoms with E-state index in [4.69, 9.17) is 9.47 Å². The number of nitrogens with one attached hydrogen (secondary N) is 1. The minimum absolute atomic E-state index is 0.0928. The Hall–Kier alpha value is -1.10. The molecule has 2 rings (SSSR count). The summed E-state index contributed by atoms with van der Waals surface area (Å²) in [5.74, 6) is 0.802. The molecule has 26 heavy (non-hydrogen) atoms. The molecule has 10 heteroatoms. The highest BCUT2D eigenvalue weighted by molar-refractivity contribution is 9.11. The van der Waals surface area contributed by atoms with Gasteiger partial charge in [-0.1, -0.05) is 0 Å². The number of carbonyl (C=O) groups is 1. The number of aromatic hydroxyl groups is 1. The maximum absolute atomic E-state index is 11.9. The van der Waals surface area contributed by atoms with Gasteiger partial charge in [-0.2, -0.15) is 5.10 Å². The maximum atomic E-state index is 11.9. The smallest absolute Gasteiger partial charge is 0.277 e. The number of ether oxygens (including phenoxy) is 2. The van der Waals surface area contributed by atoms with Crippen LogP contribution in [0.25, 0.3) is 0 Å². The quantitative estimate of drug-likeness (QED) is 0.355. The van der Waals surface area contributed by atoms with Crippen molar-refractivity contribution in [3.63, 3.8) is 0 Å². The lowest BCUT2D eigenvalue weighted by molar-refractivity contribution is -0.123. The first-order valence-electron chi connectivity index (χ1n) is 6.97. The Labute approximate surface area is 183 Å². The van der Waals surface area contributed by atoms with E-state index in [-0.39, 0.29) is 12.4 Å². The fraction of sp³-hybridized carbons (Fsp3) is 0.125. The molecule has 0 radical (unpaired) electrons. The van der Waals surface area contributed by atoms with Gasteiger partial charge in [0, 0.05) is 0 Å². The molecule has 1 amide bonds. The lowest BCUT2D eigenvalue weighted by Gasteiger charge is -2.11. The summed E-state index contributed by atoms with van der Waals surface area (Å²) in [5, 5.41) is 13.5. The van der Waals surface area contributed by atoms with Crippen LogP contribution in [0.15, 0.2) is 47.3 Å². The molecule has 0 saturated carbocycles. The zero-order valence-corrected chi connectivity index (χ0v) is 19.6. The van der Waals surface area contributed by atoms with E-state index < -0.39 is 5.91 Å². The molecule has 6 nitrogen and oxygen atoms in total. The molecule has 0 aliphatic heterocycles. The summed E-state index contributed by atoms with van der Waals surface area (Å²) in [5.41, 5.74) is 3.06. The number of phenolic OH excluding ortho intramolecular Hbond substituents is 1. The van der Waals surface area contributed by atoms with E-state index in [1.165, 1.54) is 6.21 Å². The number of methoxy groups -OCH3 is 1. The Balaban J connectivity index is 1.94. The predicted octanol–water partition coefficient (Wildman–Crippen LogP) is 4.98. The summed E-state index contributed by atoms with van der Waals surface area (Å²) in [6.45, 7) is -0.218. The number of phenols is 1. The van der Waals surface area contributed by atoms with Gasteiger partial charge in [-0.3, -0.25) is 4.79 Å². The van der Waals surface area contributed by atoms with Gasteiger partial charge in [0.1, 0.15) is 17.2 Å². The standard InChI is InChI=1S/C16H12Br4N2O4/c1-25-9-4-12(19)16(13(20)5-9)26-7-14(23)22-21-6-8-2-10(17)15(24)11(18)3-8/h2-6,24H,7H2,1H3,(H,22,23). The second kappa shape index (κ2) is 9.72. The van der Waals surface area contributed by atoms with Crippen molar-refractivity contribution in [1.82, 2.24) is 5.43 Å². The van der Waals surface area contributed by atoms with Crippen LogP contribution in [-0.2, 0) is 4.79 Å². The minimum Gasteiger partial charge on any atom is -0.506 e. The molecule has 0 aromatic heterocycles. The molecule has 0 aliphatic carbocycles. The van der Waals surface area contributed by atoms with Crippen LogP contribution in [0, 0.1) is 0 Å². The number of halogens is 4. The SMILES string of the molecule is COc1cc(Br)c(OCC(=O)NN=Cc2cc(Br)c(O)c(Br)c2)c(Br)c1. The van der Waals surface area contributed by atoms with Crippen LogP contribution >= 0.6 is 63.7 Å². The molecule has 138 valence electrons. The van der Waals surface area contributed by atoms with E-state index in [0.29, 0.717) is 35.0 Å². The van der Waals surface area contributed by atoms with Crippen molar-refractivity contribution in [2.75, 3.05) is 13.7 Å². The third-order valence-electron chi connectivity index (χ3n) is 3.00. The molecular formula is C16H12Br4N2O4. The van der Waals surface area contributed by atoms with E-state index in [2.05, 4.69) is 74.2 Å². The molecule has 0 aliphatic rings. The first-order chi connectivity index (χ1) is 12.3. The number of benzene rings is 2. The topological polar surface area (TPSA) is 80.2 Å². The normalized spacial score (nSPS) is 10.8. The molecule has 2 N–H and O–H groups in total. The molecule has 0 saturated heterocycles. The largest absolute Gasteiger partial charge is 0.506 e.